The highest BCUT2D eigenvalue weighted by atomic mass is 79.9. The van der Waals surface area contributed by atoms with Gasteiger partial charge in [-0.25, -0.2) is 0 Å². The second kappa shape index (κ2) is 12.5. The lowest BCUT2D eigenvalue weighted by molar-refractivity contribution is -0.143. The summed E-state index contributed by atoms with van der Waals surface area (Å²) in [5.41, 5.74) is 0.756. The van der Waals surface area contributed by atoms with Crippen LogP contribution in [0.15, 0.2) is 40.9 Å². The summed E-state index contributed by atoms with van der Waals surface area (Å²) in [4.78, 5) is 27.4. The number of rotatable bonds is 10. The molecule has 0 spiro atoms. The maximum atomic E-state index is 13.1. The molecule has 9 heteroatoms. The van der Waals surface area contributed by atoms with Gasteiger partial charge in [0.1, 0.15) is 11.8 Å². The van der Waals surface area contributed by atoms with Crippen LogP contribution in [0.5, 0.6) is 5.75 Å². The fourth-order valence-corrected chi connectivity index (χ4v) is 3.98. The van der Waals surface area contributed by atoms with Crippen molar-refractivity contribution in [2.75, 3.05) is 13.2 Å². The topological polar surface area (TPSA) is 58.6 Å². The highest BCUT2D eigenvalue weighted by Gasteiger charge is 2.29. The molecule has 168 valence electrons. The molecule has 0 saturated heterocycles. The van der Waals surface area contributed by atoms with Crippen molar-refractivity contribution in [3.05, 3.63) is 61.5 Å². The van der Waals surface area contributed by atoms with E-state index in [1.807, 2.05) is 13.8 Å². The van der Waals surface area contributed by atoms with Gasteiger partial charge in [-0.3, -0.25) is 9.59 Å². The van der Waals surface area contributed by atoms with Crippen molar-refractivity contribution in [3.63, 3.8) is 0 Å². The van der Waals surface area contributed by atoms with Crippen LogP contribution in [-0.2, 0) is 16.1 Å². The Kier molecular flexibility index (Phi) is 10.4. The minimum absolute atomic E-state index is 0.186. The number of halogens is 4. The Morgan fingerprint density at radius 1 is 1.06 bits per heavy atom. The van der Waals surface area contributed by atoms with E-state index in [1.165, 1.54) is 4.90 Å². The number of nitrogens with zero attached hydrogens (tertiary/aromatic N) is 1. The van der Waals surface area contributed by atoms with Crippen molar-refractivity contribution < 1.29 is 14.3 Å². The van der Waals surface area contributed by atoms with E-state index in [2.05, 4.69) is 21.2 Å². The largest absolute Gasteiger partial charge is 0.482 e. The molecule has 2 aromatic rings. The third-order valence-electron chi connectivity index (χ3n) is 4.52. The Balaban J connectivity index is 2.24. The summed E-state index contributed by atoms with van der Waals surface area (Å²) in [7, 11) is 0. The van der Waals surface area contributed by atoms with Crippen LogP contribution in [0.1, 0.15) is 32.3 Å². The molecule has 31 heavy (non-hydrogen) atoms. The summed E-state index contributed by atoms with van der Waals surface area (Å²) < 4.78 is 6.45. The van der Waals surface area contributed by atoms with Crippen molar-refractivity contribution >= 4 is 62.5 Å². The number of carbonyl (C=O) groups is 2. The van der Waals surface area contributed by atoms with Gasteiger partial charge in [-0.05, 0) is 48.7 Å². The number of benzene rings is 2. The number of carbonyl (C=O) groups excluding carboxylic acids is 2. The van der Waals surface area contributed by atoms with Gasteiger partial charge < -0.3 is 15.0 Å². The quantitative estimate of drug-likeness (QED) is 0.388. The Bertz CT molecular complexity index is 927. The summed E-state index contributed by atoms with van der Waals surface area (Å²) in [6, 6.07) is 9.60. The minimum Gasteiger partial charge on any atom is -0.482 e. The molecule has 0 aliphatic carbocycles. The van der Waals surface area contributed by atoms with Gasteiger partial charge in [-0.15, -0.1) is 0 Å². The van der Waals surface area contributed by atoms with Crippen molar-refractivity contribution in [2.45, 2.75) is 39.3 Å². The number of nitrogens with one attached hydrogen (secondary N) is 1. The van der Waals surface area contributed by atoms with E-state index >= 15 is 0 Å². The SMILES string of the molecule is CCCNC(=O)[C@@H](CC)N(Cc1ccc(Cl)c(Cl)c1)C(=O)COc1ccc(Br)cc1Cl. The zero-order valence-electron chi connectivity index (χ0n) is 17.3. The molecule has 1 N–H and O–H groups in total. The maximum absolute atomic E-state index is 13.1. The summed E-state index contributed by atoms with van der Waals surface area (Å²) in [6.45, 7) is 4.29. The lowest BCUT2D eigenvalue weighted by Gasteiger charge is -2.30. The summed E-state index contributed by atoms with van der Waals surface area (Å²) in [6.07, 6.45) is 1.25. The molecule has 0 saturated carbocycles. The van der Waals surface area contributed by atoms with Crippen LogP contribution >= 0.6 is 50.7 Å². The molecule has 5 nitrogen and oxygen atoms in total. The number of ether oxygens (including phenoxy) is 1. The van der Waals surface area contributed by atoms with Crippen LogP contribution in [-0.4, -0.2) is 35.9 Å². The van der Waals surface area contributed by atoms with E-state index in [0.29, 0.717) is 33.8 Å². The molecule has 0 unspecified atom stereocenters. The molecule has 2 amide bonds. The van der Waals surface area contributed by atoms with E-state index in [4.69, 9.17) is 39.5 Å². The second-order valence-corrected chi connectivity index (χ2v) is 8.99. The van der Waals surface area contributed by atoms with Crippen LogP contribution in [0.2, 0.25) is 15.1 Å². The summed E-state index contributed by atoms with van der Waals surface area (Å²) in [5.74, 6) is -0.167. The predicted octanol–water partition coefficient (Wildman–Crippen LogP) is 6.12. The lowest BCUT2D eigenvalue weighted by atomic mass is 10.1. The molecule has 0 aliphatic rings. The van der Waals surface area contributed by atoms with Gasteiger partial charge in [0, 0.05) is 17.6 Å². The van der Waals surface area contributed by atoms with E-state index in [0.717, 1.165) is 16.5 Å². The van der Waals surface area contributed by atoms with E-state index in [9.17, 15) is 9.59 Å². The monoisotopic (exact) mass is 548 g/mol. The zero-order valence-corrected chi connectivity index (χ0v) is 21.1. The van der Waals surface area contributed by atoms with Crippen LogP contribution in [0.3, 0.4) is 0 Å². The first-order valence-electron chi connectivity index (χ1n) is 9.85. The molecule has 0 aliphatic heterocycles. The highest BCUT2D eigenvalue weighted by molar-refractivity contribution is 9.10. The lowest BCUT2D eigenvalue weighted by Crippen LogP contribution is -2.50. The molecule has 0 radical (unpaired) electrons. The Labute approximate surface area is 206 Å². The van der Waals surface area contributed by atoms with Crippen LogP contribution in [0.4, 0.5) is 0 Å². The van der Waals surface area contributed by atoms with Gasteiger partial charge in [-0.1, -0.05) is 70.6 Å². The van der Waals surface area contributed by atoms with Crippen LogP contribution < -0.4 is 10.1 Å². The van der Waals surface area contributed by atoms with Crippen molar-refractivity contribution in [3.8, 4) is 5.75 Å². The molecule has 1 atom stereocenters. The smallest absolute Gasteiger partial charge is 0.261 e. The van der Waals surface area contributed by atoms with Crippen molar-refractivity contribution in [1.29, 1.82) is 0 Å². The Hall–Kier alpha value is -1.47. The zero-order chi connectivity index (χ0) is 23.0. The minimum atomic E-state index is -0.655. The Morgan fingerprint density at radius 3 is 2.42 bits per heavy atom. The number of hydrogen-bond donors (Lipinski definition) is 1. The first kappa shape index (κ1) is 25.8. The first-order valence-corrected chi connectivity index (χ1v) is 11.8. The molecule has 0 aromatic heterocycles. The second-order valence-electron chi connectivity index (χ2n) is 6.85. The molecule has 2 rings (SSSR count). The van der Waals surface area contributed by atoms with Crippen LogP contribution in [0.25, 0.3) is 0 Å². The maximum Gasteiger partial charge on any atom is 0.261 e. The first-order chi connectivity index (χ1) is 14.8. The third-order valence-corrected chi connectivity index (χ3v) is 6.04. The fraction of sp³-hybridized carbons (Fsp3) is 0.364. The molecule has 2 aromatic carbocycles. The molecule has 0 heterocycles. The van der Waals surface area contributed by atoms with E-state index in [-0.39, 0.29) is 25.0 Å². The highest BCUT2D eigenvalue weighted by Crippen LogP contribution is 2.28. The number of hydrogen-bond acceptors (Lipinski definition) is 3. The average molecular weight is 551 g/mol. The van der Waals surface area contributed by atoms with Gasteiger partial charge in [0.2, 0.25) is 5.91 Å². The molecular weight excluding hydrogens is 527 g/mol. The average Bonchev–Trinajstić information content (AvgIpc) is 2.73. The molecule has 0 bridgehead atoms. The van der Waals surface area contributed by atoms with E-state index in [1.54, 1.807) is 36.4 Å². The fourth-order valence-electron chi connectivity index (χ4n) is 2.93. The van der Waals surface area contributed by atoms with Crippen molar-refractivity contribution in [1.82, 2.24) is 10.2 Å². The van der Waals surface area contributed by atoms with E-state index < -0.39 is 6.04 Å². The van der Waals surface area contributed by atoms with Gasteiger partial charge in [-0.2, -0.15) is 0 Å². The predicted molar refractivity (Wildman–Crippen MR) is 129 cm³/mol. The number of amides is 2. The van der Waals surface area contributed by atoms with Gasteiger partial charge in [0.05, 0.1) is 15.1 Å². The van der Waals surface area contributed by atoms with Gasteiger partial charge in [0.25, 0.3) is 5.91 Å². The van der Waals surface area contributed by atoms with Crippen molar-refractivity contribution in [2.24, 2.45) is 0 Å². The molecular formula is C22H24BrCl3N2O3. The van der Waals surface area contributed by atoms with Crippen LogP contribution in [0, 0.1) is 0 Å². The summed E-state index contributed by atoms with van der Waals surface area (Å²) in [5, 5.41) is 4.05. The van der Waals surface area contributed by atoms with Gasteiger partial charge in [0.15, 0.2) is 6.61 Å². The standard InChI is InChI=1S/C22H24BrCl3N2O3/c1-3-9-27-22(30)19(4-2)28(12-14-5-7-16(24)17(25)10-14)21(29)13-31-20-8-6-15(23)11-18(20)26/h5-8,10-11,19H,3-4,9,12-13H2,1-2H3,(H,27,30)/t19-/m1/s1. The third kappa shape index (κ3) is 7.56. The van der Waals surface area contributed by atoms with Gasteiger partial charge >= 0.3 is 0 Å². The Morgan fingerprint density at radius 2 is 1.81 bits per heavy atom. The summed E-state index contributed by atoms with van der Waals surface area (Å²) >= 11 is 21.7. The normalized spacial score (nSPS) is 11.7. The molecule has 0 fully saturated rings.